The fourth-order valence-electron chi connectivity index (χ4n) is 2.69. The molecule has 3 rings (SSSR count). The van der Waals surface area contributed by atoms with Crippen LogP contribution in [0.25, 0.3) is 0 Å². The van der Waals surface area contributed by atoms with E-state index in [9.17, 15) is 14.4 Å². The summed E-state index contributed by atoms with van der Waals surface area (Å²) in [6.45, 7) is -0.303. The zero-order valence-corrected chi connectivity index (χ0v) is 16.7. The van der Waals surface area contributed by atoms with Crippen molar-refractivity contribution in [3.05, 3.63) is 53.6 Å². The maximum absolute atomic E-state index is 12.2. The Morgan fingerprint density at radius 1 is 1.07 bits per heavy atom. The van der Waals surface area contributed by atoms with Crippen molar-refractivity contribution in [3.8, 4) is 17.2 Å². The molecule has 0 bridgehead atoms. The Morgan fingerprint density at radius 3 is 2.53 bits per heavy atom. The van der Waals surface area contributed by atoms with Crippen molar-refractivity contribution in [2.75, 3.05) is 34.1 Å². The van der Waals surface area contributed by atoms with E-state index < -0.39 is 18.5 Å². The first-order chi connectivity index (χ1) is 14.5. The lowest BCUT2D eigenvalue weighted by molar-refractivity contribution is -0.150. The Kier molecular flexibility index (Phi) is 6.74. The van der Waals surface area contributed by atoms with Crippen LogP contribution in [0.1, 0.15) is 15.9 Å². The minimum Gasteiger partial charge on any atom is -0.497 e. The highest BCUT2D eigenvalue weighted by molar-refractivity contribution is 5.96. The van der Waals surface area contributed by atoms with E-state index in [1.165, 1.54) is 11.0 Å². The number of amides is 2. The van der Waals surface area contributed by atoms with Gasteiger partial charge in [0.2, 0.25) is 6.79 Å². The molecule has 0 aromatic heterocycles. The third kappa shape index (κ3) is 5.40. The number of hydrogen-bond acceptors (Lipinski definition) is 7. The molecule has 1 aliphatic rings. The van der Waals surface area contributed by atoms with Crippen LogP contribution < -0.4 is 19.5 Å². The molecule has 2 aromatic carbocycles. The van der Waals surface area contributed by atoms with Crippen LogP contribution in [0.4, 0.5) is 0 Å². The van der Waals surface area contributed by atoms with Crippen molar-refractivity contribution in [2.24, 2.45) is 0 Å². The highest BCUT2D eigenvalue weighted by Gasteiger charge is 2.17. The fraction of sp³-hybridized carbons (Fsp3) is 0.286. The van der Waals surface area contributed by atoms with Gasteiger partial charge in [0.05, 0.1) is 7.11 Å². The first kappa shape index (κ1) is 21.0. The minimum absolute atomic E-state index is 0.105. The molecule has 9 heteroatoms. The van der Waals surface area contributed by atoms with E-state index in [4.69, 9.17) is 18.9 Å². The zero-order valence-electron chi connectivity index (χ0n) is 16.7. The van der Waals surface area contributed by atoms with Crippen molar-refractivity contribution in [2.45, 2.75) is 6.54 Å². The van der Waals surface area contributed by atoms with Gasteiger partial charge in [0.1, 0.15) is 12.3 Å². The van der Waals surface area contributed by atoms with Crippen LogP contribution in [-0.4, -0.2) is 56.8 Å². The normalized spacial score (nSPS) is 11.5. The molecule has 1 N–H and O–H groups in total. The summed E-state index contributed by atoms with van der Waals surface area (Å²) in [5, 5.41) is 2.45. The van der Waals surface area contributed by atoms with Gasteiger partial charge in [-0.3, -0.25) is 14.4 Å². The number of esters is 1. The van der Waals surface area contributed by atoms with E-state index in [1.807, 2.05) is 12.1 Å². The maximum atomic E-state index is 12.2. The Bertz CT molecular complexity index is 927. The minimum atomic E-state index is -0.713. The highest BCUT2D eigenvalue weighted by atomic mass is 16.7. The van der Waals surface area contributed by atoms with Crippen molar-refractivity contribution >= 4 is 17.8 Å². The molecule has 0 radical (unpaired) electrons. The van der Waals surface area contributed by atoms with Gasteiger partial charge in [-0.25, -0.2) is 0 Å². The fourth-order valence-corrected chi connectivity index (χ4v) is 2.69. The molecule has 0 saturated heterocycles. The van der Waals surface area contributed by atoms with Gasteiger partial charge in [-0.2, -0.15) is 0 Å². The third-order valence-electron chi connectivity index (χ3n) is 4.39. The van der Waals surface area contributed by atoms with Gasteiger partial charge >= 0.3 is 5.97 Å². The van der Waals surface area contributed by atoms with E-state index in [2.05, 4.69) is 5.32 Å². The molecule has 0 aliphatic carbocycles. The van der Waals surface area contributed by atoms with E-state index in [0.717, 1.165) is 11.3 Å². The number of carbonyl (C=O) groups excluding carboxylic acids is 3. The lowest BCUT2D eigenvalue weighted by Gasteiger charge is -2.17. The highest BCUT2D eigenvalue weighted by Crippen LogP contribution is 2.32. The molecule has 0 atom stereocenters. The summed E-state index contributed by atoms with van der Waals surface area (Å²) in [5.41, 5.74) is 1.23. The number of benzene rings is 2. The van der Waals surface area contributed by atoms with E-state index in [0.29, 0.717) is 23.6 Å². The second-order valence-electron chi connectivity index (χ2n) is 6.51. The summed E-state index contributed by atoms with van der Waals surface area (Å²) in [5.74, 6) is 0.216. The monoisotopic (exact) mass is 414 g/mol. The van der Waals surface area contributed by atoms with Crippen molar-refractivity contribution in [3.63, 3.8) is 0 Å². The second-order valence-corrected chi connectivity index (χ2v) is 6.51. The molecule has 9 nitrogen and oxygen atoms in total. The van der Waals surface area contributed by atoms with Gasteiger partial charge in [-0.15, -0.1) is 0 Å². The number of likely N-dealkylation sites (N-methyl/N-ethyl adjacent to an activating group) is 1. The molecule has 0 spiro atoms. The van der Waals surface area contributed by atoms with Crippen LogP contribution in [-0.2, 0) is 20.9 Å². The van der Waals surface area contributed by atoms with E-state index in [1.54, 1.807) is 38.4 Å². The second kappa shape index (κ2) is 9.64. The third-order valence-corrected chi connectivity index (χ3v) is 4.39. The summed E-state index contributed by atoms with van der Waals surface area (Å²) in [6, 6.07) is 12.0. The molecule has 0 saturated carbocycles. The summed E-state index contributed by atoms with van der Waals surface area (Å²) in [4.78, 5) is 37.6. The van der Waals surface area contributed by atoms with Crippen LogP contribution in [0.3, 0.4) is 0 Å². The Balaban J connectivity index is 1.40. The topological polar surface area (TPSA) is 103 Å². The molecule has 30 heavy (non-hydrogen) atoms. The first-order valence-electron chi connectivity index (χ1n) is 9.16. The largest absolute Gasteiger partial charge is 0.497 e. The summed E-state index contributed by atoms with van der Waals surface area (Å²) >= 11 is 0. The molecule has 0 unspecified atom stereocenters. The van der Waals surface area contributed by atoms with Gasteiger partial charge in [0, 0.05) is 19.2 Å². The number of nitrogens with one attached hydrogen (secondary N) is 1. The van der Waals surface area contributed by atoms with Crippen LogP contribution in [0, 0.1) is 0 Å². The lowest BCUT2D eigenvalue weighted by Crippen LogP contribution is -2.34. The summed E-state index contributed by atoms with van der Waals surface area (Å²) in [7, 11) is 3.19. The number of ether oxygens (including phenoxy) is 4. The number of methoxy groups -OCH3 is 1. The predicted octanol–water partition coefficient (Wildman–Crippen LogP) is 1.36. The molecular formula is C21H22N2O7. The lowest BCUT2D eigenvalue weighted by atomic mass is 10.2. The molecule has 2 amide bonds. The first-order valence-corrected chi connectivity index (χ1v) is 9.16. The molecule has 1 heterocycles. The average Bonchev–Trinajstić information content (AvgIpc) is 3.24. The van der Waals surface area contributed by atoms with Crippen LogP contribution in [0.15, 0.2) is 42.5 Å². The van der Waals surface area contributed by atoms with Crippen molar-refractivity contribution < 1.29 is 33.3 Å². The summed E-state index contributed by atoms with van der Waals surface area (Å²) in [6.07, 6.45) is 0. The smallest absolute Gasteiger partial charge is 0.325 e. The van der Waals surface area contributed by atoms with Crippen molar-refractivity contribution in [1.82, 2.24) is 10.2 Å². The molecule has 1 aliphatic heterocycles. The Hall–Kier alpha value is -3.75. The molecule has 0 fully saturated rings. The number of carbonyl (C=O) groups is 3. The zero-order chi connectivity index (χ0) is 21.5. The van der Waals surface area contributed by atoms with Gasteiger partial charge in [0.15, 0.2) is 18.1 Å². The molecule has 2 aromatic rings. The van der Waals surface area contributed by atoms with Crippen LogP contribution in [0.5, 0.6) is 17.2 Å². The SMILES string of the molecule is COc1ccc(CN(C)C(=O)COC(=O)CNC(=O)c2ccc3c(c2)OCO3)cc1. The number of nitrogens with zero attached hydrogens (tertiary/aromatic N) is 1. The molecule has 158 valence electrons. The van der Waals surface area contributed by atoms with Gasteiger partial charge in [-0.05, 0) is 35.9 Å². The quantitative estimate of drug-likeness (QED) is 0.651. The van der Waals surface area contributed by atoms with Gasteiger partial charge < -0.3 is 29.2 Å². The molecular weight excluding hydrogens is 392 g/mol. The standard InChI is InChI=1S/C21H22N2O7/c1-23(11-14-3-6-16(27-2)7-4-14)19(24)12-28-20(25)10-22-21(26)15-5-8-17-18(9-15)30-13-29-17/h3-9H,10-13H2,1-2H3,(H,22,26). The van der Waals surface area contributed by atoms with Crippen LogP contribution >= 0.6 is 0 Å². The number of fused-ring (bicyclic) bond motifs is 1. The average molecular weight is 414 g/mol. The van der Waals surface area contributed by atoms with E-state index >= 15 is 0 Å². The predicted molar refractivity (Wildman–Crippen MR) is 105 cm³/mol. The summed E-state index contributed by atoms with van der Waals surface area (Å²) < 4.78 is 20.4. The van der Waals surface area contributed by atoms with Gasteiger partial charge in [0.25, 0.3) is 11.8 Å². The Labute approximate surface area is 173 Å². The van der Waals surface area contributed by atoms with Gasteiger partial charge in [-0.1, -0.05) is 12.1 Å². The van der Waals surface area contributed by atoms with E-state index in [-0.39, 0.29) is 19.2 Å². The maximum Gasteiger partial charge on any atom is 0.325 e. The number of rotatable bonds is 8. The van der Waals surface area contributed by atoms with Crippen molar-refractivity contribution in [1.29, 1.82) is 0 Å². The Morgan fingerprint density at radius 2 is 1.80 bits per heavy atom. The van der Waals surface area contributed by atoms with Crippen LogP contribution in [0.2, 0.25) is 0 Å². The number of hydrogen-bond donors (Lipinski definition) is 1.